The minimum absolute atomic E-state index is 0.0480. The first-order valence-electron chi connectivity index (χ1n) is 5.51. The summed E-state index contributed by atoms with van der Waals surface area (Å²) in [5.41, 5.74) is 1.70. The smallest absolute Gasteiger partial charge is 0.258 e. The van der Waals surface area contributed by atoms with Gasteiger partial charge in [0, 0.05) is 16.6 Å². The molecule has 5 nitrogen and oxygen atoms in total. The number of benzene rings is 2. The van der Waals surface area contributed by atoms with E-state index in [1.807, 2.05) is 24.3 Å². The summed E-state index contributed by atoms with van der Waals surface area (Å²) in [6, 6.07) is 13.8. The van der Waals surface area contributed by atoms with E-state index in [-0.39, 0.29) is 5.69 Å². The zero-order valence-corrected chi connectivity index (χ0v) is 11.4. The Morgan fingerprint density at radius 2 is 1.68 bits per heavy atom. The van der Waals surface area contributed by atoms with Crippen molar-refractivity contribution < 1.29 is 4.92 Å². The number of hydrogen-bond donors (Lipinski definition) is 0. The van der Waals surface area contributed by atoms with E-state index in [0.717, 1.165) is 10.0 Å². The number of halogens is 1. The van der Waals surface area contributed by atoms with Crippen LogP contribution in [0.2, 0.25) is 0 Å². The minimum atomic E-state index is -0.442. The van der Waals surface area contributed by atoms with Gasteiger partial charge in [0.05, 0.1) is 17.2 Å². The second-order valence-corrected chi connectivity index (χ2v) is 4.72. The highest BCUT2D eigenvalue weighted by Gasteiger charge is 2.02. The third-order valence-electron chi connectivity index (χ3n) is 2.41. The van der Waals surface area contributed by atoms with Crippen molar-refractivity contribution in [3.63, 3.8) is 0 Å². The largest absolute Gasteiger partial charge is 0.269 e. The van der Waals surface area contributed by atoms with E-state index >= 15 is 0 Å². The van der Waals surface area contributed by atoms with E-state index in [4.69, 9.17) is 0 Å². The molecule has 2 aromatic rings. The minimum Gasteiger partial charge on any atom is -0.258 e. The van der Waals surface area contributed by atoms with E-state index in [1.165, 1.54) is 12.1 Å². The number of non-ortho nitro benzene ring substituents is 1. The van der Waals surface area contributed by atoms with Crippen molar-refractivity contribution in [2.45, 2.75) is 6.54 Å². The molecule has 6 heteroatoms. The van der Waals surface area contributed by atoms with Crippen molar-refractivity contribution in [2.75, 3.05) is 0 Å². The molecule has 0 heterocycles. The Kier molecular flexibility index (Phi) is 4.35. The molecule has 0 radical (unpaired) electrons. The molecule has 0 aliphatic carbocycles. The number of nitro benzene ring substituents is 1. The third kappa shape index (κ3) is 3.96. The summed E-state index contributed by atoms with van der Waals surface area (Å²) >= 11 is 3.36. The molecular formula is C13H10BrN3O2. The maximum atomic E-state index is 10.5. The molecule has 0 N–H and O–H groups in total. The summed E-state index contributed by atoms with van der Waals surface area (Å²) in [5, 5.41) is 18.6. The van der Waals surface area contributed by atoms with Gasteiger partial charge >= 0.3 is 0 Å². The van der Waals surface area contributed by atoms with Gasteiger partial charge < -0.3 is 0 Å². The maximum Gasteiger partial charge on any atom is 0.269 e. The van der Waals surface area contributed by atoms with E-state index in [2.05, 4.69) is 26.2 Å². The second kappa shape index (κ2) is 6.19. The van der Waals surface area contributed by atoms with Crippen LogP contribution >= 0.6 is 15.9 Å². The van der Waals surface area contributed by atoms with Crippen molar-refractivity contribution in [2.24, 2.45) is 10.2 Å². The maximum absolute atomic E-state index is 10.5. The van der Waals surface area contributed by atoms with E-state index < -0.39 is 4.92 Å². The van der Waals surface area contributed by atoms with Crippen LogP contribution in [0.1, 0.15) is 5.56 Å². The molecule has 0 fully saturated rings. The number of nitro groups is 1. The quantitative estimate of drug-likeness (QED) is 0.468. The summed E-state index contributed by atoms with van der Waals surface area (Å²) in [6.45, 7) is 0.476. The van der Waals surface area contributed by atoms with Gasteiger partial charge in [-0.05, 0) is 29.8 Å². The van der Waals surface area contributed by atoms with Crippen LogP contribution in [0.25, 0.3) is 0 Å². The molecule has 96 valence electrons. The molecule has 0 aliphatic rings. The lowest BCUT2D eigenvalue weighted by atomic mass is 10.2. The Balaban J connectivity index is 1.98. The average Bonchev–Trinajstić information content (AvgIpc) is 2.41. The highest BCUT2D eigenvalue weighted by molar-refractivity contribution is 9.10. The number of hydrogen-bond acceptors (Lipinski definition) is 4. The zero-order chi connectivity index (χ0) is 13.7. The molecule has 0 aliphatic heterocycles. The molecule has 0 atom stereocenters. The van der Waals surface area contributed by atoms with Gasteiger partial charge in [-0.25, -0.2) is 0 Å². The monoisotopic (exact) mass is 319 g/mol. The fourth-order valence-corrected chi connectivity index (χ4v) is 1.69. The van der Waals surface area contributed by atoms with Gasteiger partial charge in [0.15, 0.2) is 0 Å². The van der Waals surface area contributed by atoms with Crippen LogP contribution < -0.4 is 0 Å². The molecule has 2 rings (SSSR count). The summed E-state index contributed by atoms with van der Waals surface area (Å²) in [4.78, 5) is 10.0. The predicted molar refractivity (Wildman–Crippen MR) is 75.5 cm³/mol. The van der Waals surface area contributed by atoms with Gasteiger partial charge in [-0.2, -0.15) is 10.2 Å². The van der Waals surface area contributed by atoms with Crippen LogP contribution in [0.5, 0.6) is 0 Å². The van der Waals surface area contributed by atoms with Crippen molar-refractivity contribution in [3.05, 3.63) is 68.7 Å². The zero-order valence-electron chi connectivity index (χ0n) is 9.86. The van der Waals surface area contributed by atoms with Gasteiger partial charge in [0.1, 0.15) is 0 Å². The van der Waals surface area contributed by atoms with E-state index in [9.17, 15) is 10.1 Å². The molecule has 0 unspecified atom stereocenters. The summed E-state index contributed by atoms with van der Waals surface area (Å²) in [6.07, 6.45) is 0. The topological polar surface area (TPSA) is 67.9 Å². The Morgan fingerprint density at radius 1 is 1.05 bits per heavy atom. The van der Waals surface area contributed by atoms with Crippen LogP contribution in [0.15, 0.2) is 63.2 Å². The average molecular weight is 320 g/mol. The Labute approximate surface area is 118 Å². The first kappa shape index (κ1) is 13.4. The normalized spacial score (nSPS) is 10.8. The first-order valence-corrected chi connectivity index (χ1v) is 6.31. The molecule has 0 saturated heterocycles. The van der Waals surface area contributed by atoms with Crippen LogP contribution in [-0.2, 0) is 6.54 Å². The Hall–Kier alpha value is -2.08. The fourth-order valence-electron chi connectivity index (χ4n) is 1.43. The lowest BCUT2D eigenvalue weighted by molar-refractivity contribution is -0.384. The lowest BCUT2D eigenvalue weighted by Crippen LogP contribution is -1.85. The number of rotatable bonds is 4. The second-order valence-electron chi connectivity index (χ2n) is 3.80. The Morgan fingerprint density at radius 3 is 2.26 bits per heavy atom. The third-order valence-corrected chi connectivity index (χ3v) is 2.94. The van der Waals surface area contributed by atoms with Crippen molar-refractivity contribution in [1.29, 1.82) is 0 Å². The molecule has 19 heavy (non-hydrogen) atoms. The first-order chi connectivity index (χ1) is 9.15. The van der Waals surface area contributed by atoms with E-state index in [1.54, 1.807) is 12.1 Å². The summed E-state index contributed by atoms with van der Waals surface area (Å²) < 4.78 is 1.02. The molecular weight excluding hydrogens is 310 g/mol. The molecule has 0 saturated carbocycles. The summed E-state index contributed by atoms with van der Waals surface area (Å²) in [5.74, 6) is 0. The predicted octanol–water partition coefficient (Wildman–Crippen LogP) is 4.64. The van der Waals surface area contributed by atoms with Gasteiger partial charge in [0.2, 0.25) is 0 Å². The van der Waals surface area contributed by atoms with Gasteiger partial charge in [-0.1, -0.05) is 28.1 Å². The van der Waals surface area contributed by atoms with E-state index in [0.29, 0.717) is 12.2 Å². The van der Waals surface area contributed by atoms with Crippen LogP contribution in [0.4, 0.5) is 11.4 Å². The molecule has 0 spiro atoms. The Bertz CT molecular complexity index is 594. The molecule has 0 bridgehead atoms. The number of nitrogens with zero attached hydrogens (tertiary/aromatic N) is 3. The number of azo groups is 1. The van der Waals surface area contributed by atoms with Crippen LogP contribution in [0, 0.1) is 10.1 Å². The molecule has 2 aromatic carbocycles. The van der Waals surface area contributed by atoms with Gasteiger partial charge in [-0.3, -0.25) is 10.1 Å². The lowest BCUT2D eigenvalue weighted by Gasteiger charge is -1.96. The summed E-state index contributed by atoms with van der Waals surface area (Å²) in [7, 11) is 0. The SMILES string of the molecule is O=[N+]([O-])c1ccc(N=NCc2ccc(Br)cc2)cc1. The highest BCUT2D eigenvalue weighted by Crippen LogP contribution is 2.18. The van der Waals surface area contributed by atoms with Crippen molar-refractivity contribution >= 4 is 27.3 Å². The van der Waals surface area contributed by atoms with Gasteiger partial charge in [0.25, 0.3) is 5.69 Å². The molecule has 0 amide bonds. The fraction of sp³-hybridized carbons (Fsp3) is 0.0769. The highest BCUT2D eigenvalue weighted by atomic mass is 79.9. The van der Waals surface area contributed by atoms with Crippen LogP contribution in [0.3, 0.4) is 0 Å². The van der Waals surface area contributed by atoms with Gasteiger partial charge in [-0.15, -0.1) is 0 Å². The standard InChI is InChI=1S/C13H10BrN3O2/c14-11-3-1-10(2-4-11)9-15-16-12-5-7-13(8-6-12)17(18)19/h1-8H,9H2. The van der Waals surface area contributed by atoms with Crippen molar-refractivity contribution in [3.8, 4) is 0 Å². The van der Waals surface area contributed by atoms with Crippen LogP contribution in [-0.4, -0.2) is 4.92 Å². The molecule has 0 aromatic heterocycles. The van der Waals surface area contributed by atoms with Crippen molar-refractivity contribution in [1.82, 2.24) is 0 Å².